The van der Waals surface area contributed by atoms with Crippen LogP contribution in [0.4, 0.5) is 0 Å². The second kappa shape index (κ2) is 5.19. The van der Waals surface area contributed by atoms with Crippen LogP contribution in [0.15, 0.2) is 9.93 Å². The van der Waals surface area contributed by atoms with Crippen LogP contribution in [0, 0.1) is 6.92 Å². The smallest absolute Gasteiger partial charge is 0.376 e. The van der Waals surface area contributed by atoms with Gasteiger partial charge in [-0.2, -0.15) is 0 Å². The molecule has 0 amide bonds. The Bertz CT molecular complexity index is 597. The number of esters is 2. The van der Waals surface area contributed by atoms with E-state index in [2.05, 4.69) is 19.4 Å². The third kappa shape index (κ3) is 2.34. The van der Waals surface area contributed by atoms with Crippen LogP contribution in [0.1, 0.15) is 26.7 Å². The normalized spacial score (nSPS) is 10.3. The minimum Gasteiger partial charge on any atom is -0.464 e. The maximum absolute atomic E-state index is 11.6. The van der Waals surface area contributed by atoms with Gasteiger partial charge in [0.25, 0.3) is 0 Å². The van der Waals surface area contributed by atoms with Crippen molar-refractivity contribution in [3.63, 3.8) is 0 Å². The van der Waals surface area contributed by atoms with E-state index in [1.165, 1.54) is 25.6 Å². The van der Waals surface area contributed by atoms with Crippen LogP contribution in [0.3, 0.4) is 0 Å². The number of ether oxygens (including phenoxy) is 2. The number of hydrogen-bond acceptors (Lipinski definition) is 8. The van der Waals surface area contributed by atoms with Gasteiger partial charge < -0.3 is 13.9 Å². The third-order valence-corrected chi connectivity index (χ3v) is 3.23. The topological polar surface area (TPSA) is 91.5 Å². The molecular formula is C11H10N2O5S. The Kier molecular flexibility index (Phi) is 3.61. The quantitative estimate of drug-likeness (QED) is 0.791. The van der Waals surface area contributed by atoms with Crippen LogP contribution in [-0.4, -0.2) is 36.1 Å². The molecule has 0 saturated carbocycles. The van der Waals surface area contributed by atoms with Crippen molar-refractivity contribution in [1.82, 2.24) is 9.97 Å². The summed E-state index contributed by atoms with van der Waals surface area (Å²) in [7, 11) is 2.37. The van der Waals surface area contributed by atoms with Gasteiger partial charge in [0.15, 0.2) is 0 Å². The lowest BCUT2D eigenvalue weighted by Crippen LogP contribution is -2.10. The number of oxazole rings is 1. The largest absolute Gasteiger partial charge is 0.464 e. The molecule has 8 heteroatoms. The number of hydrogen-bond donors (Lipinski definition) is 0. The molecule has 0 aromatic carbocycles. The number of aryl methyl sites for hydroxylation is 1. The van der Waals surface area contributed by atoms with E-state index in [4.69, 9.17) is 4.42 Å². The van der Waals surface area contributed by atoms with Gasteiger partial charge in [0.05, 0.1) is 25.4 Å². The molecule has 0 spiro atoms. The Morgan fingerprint density at radius 1 is 1.26 bits per heavy atom. The van der Waals surface area contributed by atoms with Gasteiger partial charge in [-0.15, -0.1) is 11.3 Å². The number of carbonyl (C=O) groups is 2. The van der Waals surface area contributed by atoms with Crippen LogP contribution in [0.25, 0.3) is 10.8 Å². The van der Waals surface area contributed by atoms with Gasteiger partial charge in [-0.1, -0.05) is 0 Å². The van der Waals surface area contributed by atoms with E-state index in [0.717, 1.165) is 0 Å². The summed E-state index contributed by atoms with van der Waals surface area (Å²) in [6.07, 6.45) is 0. The fraction of sp³-hybridized carbons (Fsp3) is 0.273. The predicted octanol–water partition coefficient (Wildman–Crippen LogP) is 1.68. The zero-order valence-electron chi connectivity index (χ0n) is 10.4. The van der Waals surface area contributed by atoms with Crippen molar-refractivity contribution in [3.8, 4) is 10.8 Å². The summed E-state index contributed by atoms with van der Waals surface area (Å²) in [5.41, 5.74) is 2.10. The van der Waals surface area contributed by atoms with E-state index in [9.17, 15) is 9.59 Å². The Morgan fingerprint density at radius 2 is 1.95 bits per heavy atom. The Morgan fingerprint density at radius 3 is 2.47 bits per heavy atom. The molecule has 2 aromatic rings. The van der Waals surface area contributed by atoms with Gasteiger partial charge in [-0.25, -0.2) is 19.6 Å². The average Bonchev–Trinajstić information content (AvgIpc) is 3.02. The van der Waals surface area contributed by atoms with E-state index in [1.807, 2.05) is 0 Å². The van der Waals surface area contributed by atoms with Crippen LogP contribution < -0.4 is 0 Å². The van der Waals surface area contributed by atoms with E-state index in [0.29, 0.717) is 10.6 Å². The second-order valence-electron chi connectivity index (χ2n) is 3.45. The van der Waals surface area contributed by atoms with Gasteiger partial charge in [0.2, 0.25) is 17.3 Å². The minimum absolute atomic E-state index is 0.140. The van der Waals surface area contributed by atoms with Crippen LogP contribution in [0.2, 0.25) is 0 Å². The number of nitrogens with zero attached hydrogens (tertiary/aromatic N) is 2. The van der Waals surface area contributed by atoms with E-state index < -0.39 is 11.9 Å². The highest BCUT2D eigenvalue weighted by Crippen LogP contribution is 2.28. The Labute approximate surface area is 112 Å². The molecular weight excluding hydrogens is 272 g/mol. The number of aromatic nitrogens is 2. The summed E-state index contributed by atoms with van der Waals surface area (Å²) >= 11 is 1.29. The van der Waals surface area contributed by atoms with Crippen LogP contribution in [-0.2, 0) is 9.47 Å². The van der Waals surface area contributed by atoms with Crippen LogP contribution in [0.5, 0.6) is 0 Å². The maximum atomic E-state index is 11.6. The Hall–Kier alpha value is -2.22. The van der Waals surface area contributed by atoms with Gasteiger partial charge in [-0.05, 0) is 6.92 Å². The van der Waals surface area contributed by atoms with Crippen molar-refractivity contribution in [1.29, 1.82) is 0 Å². The first kappa shape index (κ1) is 13.2. The zero-order chi connectivity index (χ0) is 14.0. The lowest BCUT2D eigenvalue weighted by molar-refractivity contribution is 0.0527. The molecule has 100 valence electrons. The second-order valence-corrected chi connectivity index (χ2v) is 4.30. The molecule has 2 heterocycles. The summed E-state index contributed by atoms with van der Waals surface area (Å²) in [5, 5.41) is 0. The minimum atomic E-state index is -0.790. The molecule has 0 atom stereocenters. The van der Waals surface area contributed by atoms with Gasteiger partial charge in [0, 0.05) is 0 Å². The summed E-state index contributed by atoms with van der Waals surface area (Å²) in [6.45, 7) is 1.77. The predicted molar refractivity (Wildman–Crippen MR) is 65.0 cm³/mol. The van der Waals surface area contributed by atoms with Crippen molar-refractivity contribution in [2.24, 2.45) is 0 Å². The highest BCUT2D eigenvalue weighted by molar-refractivity contribution is 7.13. The first-order valence-corrected chi connectivity index (χ1v) is 6.04. The lowest BCUT2D eigenvalue weighted by Gasteiger charge is -1.96. The molecule has 0 N–H and O–H groups in total. The molecule has 0 radical (unpaired) electrons. The molecule has 2 rings (SSSR count). The van der Waals surface area contributed by atoms with Gasteiger partial charge in [0.1, 0.15) is 4.88 Å². The zero-order valence-corrected chi connectivity index (χ0v) is 11.2. The Balaban J connectivity index is 2.55. The standard InChI is InChI=1S/C11H10N2O5S/c1-5-8(19-4-12-5)9-13-6(10(14)16-2)7(18-9)11(15)17-3/h4H,1-3H3. The molecule has 0 unspecified atom stereocenters. The molecule has 0 aliphatic rings. The third-order valence-electron chi connectivity index (χ3n) is 2.32. The summed E-state index contributed by atoms with van der Waals surface area (Å²) in [5.74, 6) is -1.70. The lowest BCUT2D eigenvalue weighted by atomic mass is 10.3. The number of carbonyl (C=O) groups excluding carboxylic acids is 2. The molecule has 19 heavy (non-hydrogen) atoms. The molecule has 0 aliphatic carbocycles. The highest BCUT2D eigenvalue weighted by atomic mass is 32.1. The van der Waals surface area contributed by atoms with E-state index >= 15 is 0 Å². The van der Waals surface area contributed by atoms with Crippen LogP contribution >= 0.6 is 11.3 Å². The number of thiazole rings is 1. The molecule has 0 aliphatic heterocycles. The number of methoxy groups -OCH3 is 2. The van der Waals surface area contributed by atoms with Crippen molar-refractivity contribution in [3.05, 3.63) is 22.7 Å². The molecule has 2 aromatic heterocycles. The van der Waals surface area contributed by atoms with Crippen molar-refractivity contribution in [2.75, 3.05) is 14.2 Å². The monoisotopic (exact) mass is 282 g/mol. The fourth-order valence-electron chi connectivity index (χ4n) is 1.39. The summed E-state index contributed by atoms with van der Waals surface area (Å²) in [6, 6.07) is 0. The van der Waals surface area contributed by atoms with Crippen molar-refractivity contribution < 1.29 is 23.5 Å². The summed E-state index contributed by atoms with van der Waals surface area (Å²) < 4.78 is 14.4. The van der Waals surface area contributed by atoms with Gasteiger partial charge >= 0.3 is 11.9 Å². The fourth-order valence-corrected chi connectivity index (χ4v) is 2.12. The van der Waals surface area contributed by atoms with Gasteiger partial charge in [-0.3, -0.25) is 0 Å². The number of rotatable bonds is 3. The molecule has 7 nitrogen and oxygen atoms in total. The highest BCUT2D eigenvalue weighted by Gasteiger charge is 2.28. The summed E-state index contributed by atoms with van der Waals surface area (Å²) in [4.78, 5) is 31.8. The molecule has 0 bridgehead atoms. The first-order valence-electron chi connectivity index (χ1n) is 5.16. The van der Waals surface area contributed by atoms with E-state index in [1.54, 1.807) is 12.4 Å². The molecule has 0 saturated heterocycles. The first-order chi connectivity index (χ1) is 9.08. The molecule has 0 fully saturated rings. The van der Waals surface area contributed by atoms with Crippen molar-refractivity contribution in [2.45, 2.75) is 6.92 Å². The van der Waals surface area contributed by atoms with E-state index in [-0.39, 0.29) is 17.3 Å². The maximum Gasteiger partial charge on any atom is 0.376 e. The van der Waals surface area contributed by atoms with Crippen molar-refractivity contribution >= 4 is 23.3 Å². The average molecular weight is 282 g/mol. The SMILES string of the molecule is COC(=O)c1nc(-c2scnc2C)oc1C(=O)OC.